The topological polar surface area (TPSA) is 33.0 Å². The molecule has 0 aliphatic carbocycles. The Morgan fingerprint density at radius 2 is 1.89 bits per heavy atom. The third kappa shape index (κ3) is 2.91. The molecule has 0 aromatic heterocycles. The molecular weight excluding hydrogens is 290 g/mol. The van der Waals surface area contributed by atoms with Crippen molar-refractivity contribution in [2.45, 2.75) is 13.5 Å². The molecule has 0 spiro atoms. The first-order valence-electron chi connectivity index (χ1n) is 5.57. The van der Waals surface area contributed by atoms with Gasteiger partial charge in [0.25, 0.3) is 0 Å². The molecule has 0 radical (unpaired) electrons. The summed E-state index contributed by atoms with van der Waals surface area (Å²) in [6.07, 6.45) is 0. The standard InChI is InChI=1S/C15H12BrNO/c1-11-3-2-4-13(9-17)15(11)18-10-12-5-7-14(16)8-6-12/h2-8H,10H2,1H3. The summed E-state index contributed by atoms with van der Waals surface area (Å²) >= 11 is 3.39. The third-order valence-corrected chi connectivity index (χ3v) is 3.16. The fraction of sp³-hybridized carbons (Fsp3) is 0.133. The minimum atomic E-state index is 0.465. The molecule has 0 aliphatic heterocycles. The lowest BCUT2D eigenvalue weighted by Crippen LogP contribution is -1.99. The van der Waals surface area contributed by atoms with Gasteiger partial charge in [-0.2, -0.15) is 5.26 Å². The van der Waals surface area contributed by atoms with Gasteiger partial charge in [-0.3, -0.25) is 0 Å². The molecular formula is C15H12BrNO. The number of hydrogen-bond donors (Lipinski definition) is 0. The lowest BCUT2D eigenvalue weighted by molar-refractivity contribution is 0.303. The summed E-state index contributed by atoms with van der Waals surface area (Å²) in [7, 11) is 0. The number of nitrogens with zero attached hydrogens (tertiary/aromatic N) is 1. The van der Waals surface area contributed by atoms with Crippen LogP contribution in [0.1, 0.15) is 16.7 Å². The zero-order chi connectivity index (χ0) is 13.0. The van der Waals surface area contributed by atoms with Crippen molar-refractivity contribution in [3.8, 4) is 11.8 Å². The molecule has 0 bridgehead atoms. The number of aryl methyl sites for hydroxylation is 1. The minimum Gasteiger partial charge on any atom is -0.487 e. The molecule has 0 saturated heterocycles. The van der Waals surface area contributed by atoms with Crippen LogP contribution >= 0.6 is 15.9 Å². The van der Waals surface area contributed by atoms with E-state index in [9.17, 15) is 0 Å². The van der Waals surface area contributed by atoms with E-state index in [0.717, 1.165) is 15.6 Å². The monoisotopic (exact) mass is 301 g/mol. The van der Waals surface area contributed by atoms with Gasteiger partial charge in [0.05, 0.1) is 5.56 Å². The fourth-order valence-electron chi connectivity index (χ4n) is 1.67. The molecule has 0 unspecified atom stereocenters. The van der Waals surface area contributed by atoms with Crippen molar-refractivity contribution in [3.05, 3.63) is 63.6 Å². The zero-order valence-electron chi connectivity index (χ0n) is 9.98. The summed E-state index contributed by atoms with van der Waals surface area (Å²) in [4.78, 5) is 0. The zero-order valence-corrected chi connectivity index (χ0v) is 11.6. The molecule has 90 valence electrons. The van der Waals surface area contributed by atoms with E-state index in [2.05, 4.69) is 22.0 Å². The van der Waals surface area contributed by atoms with E-state index in [1.807, 2.05) is 43.3 Å². The Bertz CT molecular complexity index is 584. The molecule has 2 nitrogen and oxygen atoms in total. The van der Waals surface area contributed by atoms with Gasteiger partial charge < -0.3 is 4.74 Å². The Kier molecular flexibility index (Phi) is 4.01. The van der Waals surface area contributed by atoms with Crippen LogP contribution in [0.2, 0.25) is 0 Å². The average molecular weight is 302 g/mol. The molecule has 0 aliphatic rings. The number of hydrogen-bond acceptors (Lipinski definition) is 2. The van der Waals surface area contributed by atoms with Gasteiger partial charge in [0.15, 0.2) is 0 Å². The van der Waals surface area contributed by atoms with E-state index in [-0.39, 0.29) is 0 Å². The van der Waals surface area contributed by atoms with Crippen LogP contribution in [0.5, 0.6) is 5.75 Å². The molecule has 0 N–H and O–H groups in total. The normalized spacial score (nSPS) is 9.83. The average Bonchev–Trinajstić information content (AvgIpc) is 2.39. The molecule has 3 heteroatoms. The van der Waals surface area contributed by atoms with Crippen LogP contribution in [-0.2, 0) is 6.61 Å². The van der Waals surface area contributed by atoms with Gasteiger partial charge in [-0.05, 0) is 36.2 Å². The third-order valence-electron chi connectivity index (χ3n) is 2.63. The maximum atomic E-state index is 9.04. The van der Waals surface area contributed by atoms with Gasteiger partial charge in [-0.25, -0.2) is 0 Å². The number of nitriles is 1. The van der Waals surface area contributed by atoms with Crippen LogP contribution in [0.3, 0.4) is 0 Å². The fourth-order valence-corrected chi connectivity index (χ4v) is 1.93. The van der Waals surface area contributed by atoms with Crippen LogP contribution < -0.4 is 4.74 Å². The Hall–Kier alpha value is -1.79. The number of halogens is 1. The molecule has 2 aromatic carbocycles. The first-order chi connectivity index (χ1) is 8.70. The van der Waals surface area contributed by atoms with Crippen LogP contribution in [-0.4, -0.2) is 0 Å². The second kappa shape index (κ2) is 5.70. The highest BCUT2D eigenvalue weighted by molar-refractivity contribution is 9.10. The highest BCUT2D eigenvalue weighted by Gasteiger charge is 2.06. The van der Waals surface area contributed by atoms with Gasteiger partial charge in [0.1, 0.15) is 18.4 Å². The maximum absolute atomic E-state index is 9.04. The maximum Gasteiger partial charge on any atom is 0.140 e. The second-order valence-electron chi connectivity index (χ2n) is 3.98. The van der Waals surface area contributed by atoms with E-state index >= 15 is 0 Å². The summed E-state index contributed by atoms with van der Waals surface area (Å²) in [5, 5.41) is 9.04. The quantitative estimate of drug-likeness (QED) is 0.851. The van der Waals surface area contributed by atoms with Crippen molar-refractivity contribution in [3.63, 3.8) is 0 Å². The van der Waals surface area contributed by atoms with Crippen molar-refractivity contribution in [1.82, 2.24) is 0 Å². The Morgan fingerprint density at radius 1 is 1.17 bits per heavy atom. The van der Waals surface area contributed by atoms with E-state index in [0.29, 0.717) is 17.9 Å². The smallest absolute Gasteiger partial charge is 0.140 e. The Labute approximate surface area is 115 Å². The van der Waals surface area contributed by atoms with Gasteiger partial charge in [-0.1, -0.05) is 40.2 Å². The van der Waals surface area contributed by atoms with E-state index in [4.69, 9.17) is 10.00 Å². The summed E-state index contributed by atoms with van der Waals surface area (Å²) in [5.41, 5.74) is 2.63. The van der Waals surface area contributed by atoms with E-state index < -0.39 is 0 Å². The molecule has 2 rings (SSSR count). The van der Waals surface area contributed by atoms with E-state index in [1.54, 1.807) is 6.07 Å². The molecule has 0 fully saturated rings. The van der Waals surface area contributed by atoms with Crippen LogP contribution in [0.15, 0.2) is 46.9 Å². The minimum absolute atomic E-state index is 0.465. The first-order valence-corrected chi connectivity index (χ1v) is 6.37. The highest BCUT2D eigenvalue weighted by Crippen LogP contribution is 2.23. The Morgan fingerprint density at radius 3 is 2.56 bits per heavy atom. The second-order valence-corrected chi connectivity index (χ2v) is 4.89. The van der Waals surface area contributed by atoms with Crippen molar-refractivity contribution in [1.29, 1.82) is 5.26 Å². The number of rotatable bonds is 3. The van der Waals surface area contributed by atoms with Crippen molar-refractivity contribution in [2.24, 2.45) is 0 Å². The molecule has 0 heterocycles. The molecule has 18 heavy (non-hydrogen) atoms. The summed E-state index contributed by atoms with van der Waals surface area (Å²) in [6, 6.07) is 15.7. The van der Waals surface area contributed by atoms with Crippen LogP contribution in [0, 0.1) is 18.3 Å². The predicted molar refractivity (Wildman–Crippen MR) is 74.4 cm³/mol. The van der Waals surface area contributed by atoms with Gasteiger partial charge >= 0.3 is 0 Å². The predicted octanol–water partition coefficient (Wildman–Crippen LogP) is 4.21. The number of benzene rings is 2. The summed E-state index contributed by atoms with van der Waals surface area (Å²) in [6.45, 7) is 2.41. The highest BCUT2D eigenvalue weighted by atomic mass is 79.9. The van der Waals surface area contributed by atoms with E-state index in [1.165, 1.54) is 0 Å². The number of ether oxygens (including phenoxy) is 1. The van der Waals surface area contributed by atoms with Crippen molar-refractivity contribution < 1.29 is 4.74 Å². The molecule has 0 saturated carbocycles. The van der Waals surface area contributed by atoms with Crippen molar-refractivity contribution >= 4 is 15.9 Å². The van der Waals surface area contributed by atoms with Crippen LogP contribution in [0.25, 0.3) is 0 Å². The summed E-state index contributed by atoms with van der Waals surface area (Å²) in [5.74, 6) is 0.669. The molecule has 0 amide bonds. The first kappa shape index (κ1) is 12.7. The summed E-state index contributed by atoms with van der Waals surface area (Å²) < 4.78 is 6.79. The van der Waals surface area contributed by atoms with Gasteiger partial charge in [0.2, 0.25) is 0 Å². The largest absolute Gasteiger partial charge is 0.487 e. The van der Waals surface area contributed by atoms with Crippen LogP contribution in [0.4, 0.5) is 0 Å². The van der Waals surface area contributed by atoms with Gasteiger partial charge in [-0.15, -0.1) is 0 Å². The van der Waals surface area contributed by atoms with Gasteiger partial charge in [0, 0.05) is 4.47 Å². The lowest BCUT2D eigenvalue weighted by atomic mass is 10.1. The SMILES string of the molecule is Cc1cccc(C#N)c1OCc1ccc(Br)cc1. The lowest BCUT2D eigenvalue weighted by Gasteiger charge is -2.10. The molecule has 0 atom stereocenters. The number of para-hydroxylation sites is 1. The van der Waals surface area contributed by atoms with Crippen molar-refractivity contribution in [2.75, 3.05) is 0 Å². The molecule has 2 aromatic rings. The Balaban J connectivity index is 2.16.